The number of fused-ring (bicyclic) bond motifs is 1. The first-order valence-corrected chi connectivity index (χ1v) is 6.52. The van der Waals surface area contributed by atoms with Crippen LogP contribution in [0.1, 0.15) is 5.56 Å². The van der Waals surface area contributed by atoms with Gasteiger partial charge in [0.2, 0.25) is 0 Å². The van der Waals surface area contributed by atoms with Gasteiger partial charge in [0.15, 0.2) is 0 Å². The van der Waals surface area contributed by atoms with E-state index in [-0.39, 0.29) is 0 Å². The maximum absolute atomic E-state index is 12.6. The van der Waals surface area contributed by atoms with Gasteiger partial charge >= 0.3 is 6.18 Å². The van der Waals surface area contributed by atoms with Crippen LogP contribution in [0.5, 0.6) is 0 Å². The Balaban J connectivity index is 1.95. The third kappa shape index (κ3) is 2.67. The zero-order valence-corrected chi connectivity index (χ0v) is 11.4. The molecular formula is C16H12F3N3. The van der Waals surface area contributed by atoms with E-state index in [1.54, 1.807) is 12.3 Å². The first-order chi connectivity index (χ1) is 10.4. The van der Waals surface area contributed by atoms with Gasteiger partial charge in [-0.1, -0.05) is 12.1 Å². The molecule has 1 heterocycles. The summed E-state index contributed by atoms with van der Waals surface area (Å²) in [6, 6.07) is 12.2. The summed E-state index contributed by atoms with van der Waals surface area (Å²) in [6.45, 7) is 0. The molecule has 22 heavy (non-hydrogen) atoms. The highest BCUT2D eigenvalue weighted by Gasteiger charge is 2.29. The molecule has 0 aliphatic rings. The molecule has 3 aromatic rings. The fourth-order valence-corrected chi connectivity index (χ4v) is 2.24. The van der Waals surface area contributed by atoms with Gasteiger partial charge in [0.1, 0.15) is 5.82 Å². The second-order valence-corrected chi connectivity index (χ2v) is 4.80. The fourth-order valence-electron chi connectivity index (χ4n) is 2.24. The normalized spacial score (nSPS) is 11.6. The number of benzene rings is 2. The van der Waals surface area contributed by atoms with Crippen molar-refractivity contribution in [1.82, 2.24) is 4.98 Å². The van der Waals surface area contributed by atoms with E-state index in [4.69, 9.17) is 5.73 Å². The number of hydrogen-bond acceptors (Lipinski definition) is 3. The summed E-state index contributed by atoms with van der Waals surface area (Å²) in [7, 11) is 0. The van der Waals surface area contributed by atoms with Crippen molar-refractivity contribution in [2.75, 3.05) is 11.1 Å². The van der Waals surface area contributed by atoms with Gasteiger partial charge in [-0.15, -0.1) is 0 Å². The van der Waals surface area contributed by atoms with Gasteiger partial charge in [-0.05, 0) is 36.4 Å². The van der Waals surface area contributed by atoms with E-state index < -0.39 is 11.7 Å². The molecule has 0 saturated carbocycles. The Morgan fingerprint density at radius 1 is 0.909 bits per heavy atom. The highest BCUT2D eigenvalue weighted by Crippen LogP contribution is 2.32. The number of hydrogen-bond donors (Lipinski definition) is 2. The van der Waals surface area contributed by atoms with E-state index in [0.29, 0.717) is 11.5 Å². The third-order valence-corrected chi connectivity index (χ3v) is 3.33. The minimum atomic E-state index is -4.34. The lowest BCUT2D eigenvalue weighted by Gasteiger charge is -2.12. The van der Waals surface area contributed by atoms with Crippen molar-refractivity contribution >= 4 is 28.0 Å². The Kier molecular flexibility index (Phi) is 3.36. The quantitative estimate of drug-likeness (QED) is 0.728. The summed E-state index contributed by atoms with van der Waals surface area (Å²) in [5.74, 6) is 0.411. The Morgan fingerprint density at radius 3 is 2.32 bits per heavy atom. The summed E-state index contributed by atoms with van der Waals surface area (Å²) in [6.07, 6.45) is -2.74. The summed E-state index contributed by atoms with van der Waals surface area (Å²) in [4.78, 5) is 4.02. The molecule has 112 valence electrons. The van der Waals surface area contributed by atoms with E-state index in [9.17, 15) is 13.2 Å². The lowest BCUT2D eigenvalue weighted by atomic mass is 10.1. The predicted molar refractivity (Wildman–Crippen MR) is 80.9 cm³/mol. The number of nitrogens with one attached hydrogen (secondary N) is 1. The molecule has 2 aromatic carbocycles. The molecule has 6 heteroatoms. The minimum absolute atomic E-state index is 0.411. The van der Waals surface area contributed by atoms with Crippen LogP contribution in [0.15, 0.2) is 54.7 Å². The van der Waals surface area contributed by atoms with Crippen LogP contribution in [-0.4, -0.2) is 4.98 Å². The van der Waals surface area contributed by atoms with E-state index in [1.807, 2.05) is 18.2 Å². The molecule has 0 atom stereocenters. The molecule has 0 spiro atoms. The van der Waals surface area contributed by atoms with Crippen LogP contribution in [0.4, 0.5) is 30.4 Å². The lowest BCUT2D eigenvalue weighted by molar-refractivity contribution is -0.137. The average Bonchev–Trinajstić information content (AvgIpc) is 2.48. The Morgan fingerprint density at radius 2 is 1.64 bits per heavy atom. The smallest absolute Gasteiger partial charge is 0.383 e. The summed E-state index contributed by atoms with van der Waals surface area (Å²) in [5.41, 5.74) is 6.47. The van der Waals surface area contributed by atoms with Crippen LogP contribution in [-0.2, 0) is 6.18 Å². The number of alkyl halides is 3. The molecule has 0 saturated heterocycles. The lowest BCUT2D eigenvalue weighted by Crippen LogP contribution is -2.04. The molecule has 0 radical (unpaired) electrons. The number of halogens is 3. The van der Waals surface area contributed by atoms with Crippen LogP contribution >= 0.6 is 0 Å². The largest absolute Gasteiger partial charge is 0.416 e. The van der Waals surface area contributed by atoms with Crippen LogP contribution in [0.3, 0.4) is 0 Å². The molecule has 0 fully saturated rings. The summed E-state index contributed by atoms with van der Waals surface area (Å²) < 4.78 is 37.7. The number of anilines is 3. The third-order valence-electron chi connectivity index (χ3n) is 3.33. The maximum Gasteiger partial charge on any atom is 0.416 e. The number of nitrogen functional groups attached to an aromatic ring is 1. The van der Waals surface area contributed by atoms with Gasteiger partial charge in [-0.25, -0.2) is 4.98 Å². The molecule has 0 unspecified atom stereocenters. The zero-order chi connectivity index (χ0) is 15.7. The second-order valence-electron chi connectivity index (χ2n) is 4.80. The van der Waals surface area contributed by atoms with Crippen LogP contribution in [0.2, 0.25) is 0 Å². The molecule has 3 rings (SSSR count). The number of nitrogens with zero attached hydrogens (tertiary/aromatic N) is 1. The molecule has 0 aliphatic carbocycles. The number of aromatic nitrogens is 1. The van der Waals surface area contributed by atoms with Crippen molar-refractivity contribution < 1.29 is 13.2 Å². The average molecular weight is 303 g/mol. The van der Waals surface area contributed by atoms with E-state index in [0.717, 1.165) is 28.6 Å². The number of pyridine rings is 1. The zero-order valence-electron chi connectivity index (χ0n) is 11.4. The number of nitrogens with two attached hydrogens (primary N) is 1. The minimum Gasteiger partial charge on any atom is -0.383 e. The monoisotopic (exact) mass is 303 g/mol. The molecule has 0 amide bonds. The first kappa shape index (κ1) is 14.2. The van der Waals surface area contributed by atoms with Gasteiger partial charge in [0, 0.05) is 28.3 Å². The highest BCUT2D eigenvalue weighted by atomic mass is 19.4. The fraction of sp³-hybridized carbons (Fsp3) is 0.0625. The molecular weight excluding hydrogens is 291 g/mol. The van der Waals surface area contributed by atoms with Crippen molar-refractivity contribution in [3.05, 3.63) is 60.3 Å². The molecule has 1 aromatic heterocycles. The van der Waals surface area contributed by atoms with E-state index >= 15 is 0 Å². The molecule has 3 N–H and O–H groups in total. The van der Waals surface area contributed by atoms with Gasteiger partial charge < -0.3 is 11.1 Å². The van der Waals surface area contributed by atoms with E-state index in [2.05, 4.69) is 10.3 Å². The van der Waals surface area contributed by atoms with Crippen molar-refractivity contribution in [2.24, 2.45) is 0 Å². The Hall–Kier alpha value is -2.76. The van der Waals surface area contributed by atoms with Crippen LogP contribution in [0, 0.1) is 0 Å². The standard InChI is InChI=1S/C16H12F3N3/c17-16(18,19)10-4-6-11(7-5-10)22-14-3-1-2-13-12(14)8-9-21-15(13)20/h1-9,22H,(H2,20,21). The summed E-state index contributed by atoms with van der Waals surface area (Å²) >= 11 is 0. The van der Waals surface area contributed by atoms with Crippen LogP contribution < -0.4 is 11.1 Å². The van der Waals surface area contributed by atoms with Crippen molar-refractivity contribution in [3.63, 3.8) is 0 Å². The number of rotatable bonds is 2. The van der Waals surface area contributed by atoms with Crippen molar-refractivity contribution in [1.29, 1.82) is 0 Å². The van der Waals surface area contributed by atoms with Crippen molar-refractivity contribution in [2.45, 2.75) is 6.18 Å². The Bertz CT molecular complexity index is 811. The van der Waals surface area contributed by atoms with Gasteiger partial charge in [0.25, 0.3) is 0 Å². The first-order valence-electron chi connectivity index (χ1n) is 6.52. The predicted octanol–water partition coefficient (Wildman–Crippen LogP) is 4.58. The second kappa shape index (κ2) is 5.22. The molecule has 0 bridgehead atoms. The van der Waals surface area contributed by atoms with Gasteiger partial charge in [-0.3, -0.25) is 0 Å². The van der Waals surface area contributed by atoms with E-state index in [1.165, 1.54) is 12.1 Å². The van der Waals surface area contributed by atoms with Crippen LogP contribution in [0.25, 0.3) is 10.8 Å². The topological polar surface area (TPSA) is 50.9 Å². The highest BCUT2D eigenvalue weighted by molar-refractivity contribution is 6.00. The van der Waals surface area contributed by atoms with Gasteiger partial charge in [-0.2, -0.15) is 13.2 Å². The SMILES string of the molecule is Nc1nccc2c(Nc3ccc(C(F)(F)F)cc3)cccc12. The maximum atomic E-state index is 12.6. The van der Waals surface area contributed by atoms with Crippen molar-refractivity contribution in [3.8, 4) is 0 Å². The Labute approximate surface area is 124 Å². The molecule has 3 nitrogen and oxygen atoms in total. The van der Waals surface area contributed by atoms with Gasteiger partial charge in [0.05, 0.1) is 5.56 Å². The molecule has 0 aliphatic heterocycles. The summed E-state index contributed by atoms with van der Waals surface area (Å²) in [5, 5.41) is 4.75.